The Morgan fingerprint density at radius 3 is 2.44 bits per heavy atom. The molecule has 4 aromatic rings. The summed E-state index contributed by atoms with van der Waals surface area (Å²) in [5.74, 6) is -0.638. The molecule has 0 spiro atoms. The number of aromatic nitrogens is 4. The SMILES string of the molecule is CCOC1=Nc2cccc(C(=O)O)c2[N+]1(CCOC(=O)OC1CCCCC1)Cc1ccccc1-c1ccccc1-c1nn[nH]n1. The number of aromatic carboxylic acids is 1. The monoisotopic (exact) mass is 611 g/mol. The molecular formula is C33H35N6O6+. The van der Waals surface area contributed by atoms with Gasteiger partial charge in [0, 0.05) is 11.1 Å². The number of H-pyrrole nitrogens is 1. The largest absolute Gasteiger partial charge is 0.508 e. The van der Waals surface area contributed by atoms with Crippen LogP contribution in [-0.4, -0.2) is 69.7 Å². The molecule has 45 heavy (non-hydrogen) atoms. The summed E-state index contributed by atoms with van der Waals surface area (Å²) in [4.78, 5) is 30.1. The number of benzene rings is 3. The van der Waals surface area contributed by atoms with Crippen molar-refractivity contribution in [2.45, 2.75) is 51.7 Å². The number of rotatable bonds is 10. The Balaban J connectivity index is 1.41. The zero-order valence-electron chi connectivity index (χ0n) is 25.0. The topological polar surface area (TPSA) is 149 Å². The number of carboxylic acids is 1. The molecule has 2 aliphatic rings. The van der Waals surface area contributed by atoms with Crippen LogP contribution >= 0.6 is 0 Å². The van der Waals surface area contributed by atoms with E-state index in [-0.39, 0.29) is 35.8 Å². The van der Waals surface area contributed by atoms with Crippen molar-refractivity contribution < 1.29 is 28.9 Å². The van der Waals surface area contributed by atoms with Crippen molar-refractivity contribution in [3.63, 3.8) is 0 Å². The minimum absolute atomic E-state index is 0.0490. The number of hydrogen-bond acceptors (Lipinski definition) is 9. The third-order valence-electron chi connectivity index (χ3n) is 8.30. The predicted molar refractivity (Wildman–Crippen MR) is 167 cm³/mol. The Kier molecular flexibility index (Phi) is 8.83. The molecule has 1 saturated carbocycles. The molecule has 2 N–H and O–H groups in total. The van der Waals surface area contributed by atoms with Gasteiger partial charge in [-0.05, 0) is 61.1 Å². The van der Waals surface area contributed by atoms with Gasteiger partial charge in [0.2, 0.25) is 5.82 Å². The summed E-state index contributed by atoms with van der Waals surface area (Å²) in [6.07, 6.45) is 3.97. The number of amidine groups is 1. The molecule has 0 bridgehead atoms. The lowest BCUT2D eigenvalue weighted by molar-refractivity contribution is 0.00889. The highest BCUT2D eigenvalue weighted by molar-refractivity contribution is 6.06. The van der Waals surface area contributed by atoms with Gasteiger partial charge in [-0.25, -0.2) is 14.1 Å². The highest BCUT2D eigenvalue weighted by Gasteiger charge is 2.49. The number of carbonyl (C=O) groups excluding carboxylic acids is 1. The first-order valence-electron chi connectivity index (χ1n) is 15.2. The van der Waals surface area contributed by atoms with Crippen LogP contribution < -0.4 is 4.48 Å². The van der Waals surface area contributed by atoms with Crippen molar-refractivity contribution in [3.05, 3.63) is 77.9 Å². The van der Waals surface area contributed by atoms with Gasteiger partial charge in [-0.1, -0.05) is 61.0 Å². The lowest BCUT2D eigenvalue weighted by atomic mass is 9.94. The molecule has 12 heteroatoms. The minimum atomic E-state index is -1.09. The van der Waals surface area contributed by atoms with Gasteiger partial charge in [0.05, 0.1) is 6.61 Å². The fourth-order valence-electron chi connectivity index (χ4n) is 6.29. The van der Waals surface area contributed by atoms with Crippen LogP contribution in [0.1, 0.15) is 54.9 Å². The van der Waals surface area contributed by atoms with E-state index >= 15 is 0 Å². The van der Waals surface area contributed by atoms with Gasteiger partial charge < -0.3 is 19.3 Å². The van der Waals surface area contributed by atoms with Crippen LogP contribution in [0.15, 0.2) is 71.7 Å². The zero-order valence-corrected chi connectivity index (χ0v) is 25.0. The average Bonchev–Trinajstić information content (AvgIpc) is 3.69. The molecule has 1 aliphatic carbocycles. The predicted octanol–water partition coefficient (Wildman–Crippen LogP) is 6.26. The van der Waals surface area contributed by atoms with Crippen LogP contribution in [0.3, 0.4) is 0 Å². The van der Waals surface area contributed by atoms with Crippen molar-refractivity contribution in [2.75, 3.05) is 19.8 Å². The number of carboxylic acid groups (broad SMARTS) is 1. The molecule has 1 aromatic heterocycles. The van der Waals surface area contributed by atoms with E-state index < -0.39 is 12.1 Å². The maximum absolute atomic E-state index is 12.7. The Labute approximate surface area is 260 Å². The number of nitrogens with zero attached hydrogens (tertiary/aromatic N) is 5. The summed E-state index contributed by atoms with van der Waals surface area (Å²) in [7, 11) is 0. The molecule has 1 aliphatic heterocycles. The summed E-state index contributed by atoms with van der Waals surface area (Å²) in [6, 6.07) is 21.0. The van der Waals surface area contributed by atoms with Gasteiger partial charge in [0.1, 0.15) is 37.1 Å². The summed E-state index contributed by atoms with van der Waals surface area (Å²) in [5.41, 5.74) is 4.50. The third kappa shape index (κ3) is 6.14. The second-order valence-corrected chi connectivity index (χ2v) is 11.1. The first-order valence-corrected chi connectivity index (χ1v) is 15.2. The fraction of sp³-hybridized carbons (Fsp3) is 0.333. The van der Waals surface area contributed by atoms with E-state index in [2.05, 4.69) is 20.6 Å². The molecular weight excluding hydrogens is 576 g/mol. The van der Waals surface area contributed by atoms with E-state index in [0.717, 1.165) is 54.4 Å². The van der Waals surface area contributed by atoms with Crippen molar-refractivity contribution in [2.24, 2.45) is 4.99 Å². The molecule has 6 rings (SSSR count). The highest BCUT2D eigenvalue weighted by atomic mass is 16.7. The van der Waals surface area contributed by atoms with E-state index in [4.69, 9.17) is 19.2 Å². The van der Waals surface area contributed by atoms with Crippen molar-refractivity contribution in [1.82, 2.24) is 25.1 Å². The van der Waals surface area contributed by atoms with Gasteiger partial charge in [0.15, 0.2) is 5.69 Å². The second kappa shape index (κ2) is 13.3. The van der Waals surface area contributed by atoms with Crippen LogP contribution in [0, 0.1) is 0 Å². The van der Waals surface area contributed by atoms with Gasteiger partial charge >= 0.3 is 18.1 Å². The maximum atomic E-state index is 12.7. The minimum Gasteiger partial charge on any atom is -0.477 e. The number of aromatic amines is 1. The summed E-state index contributed by atoms with van der Waals surface area (Å²) in [5, 5.41) is 25.0. The first-order chi connectivity index (χ1) is 22.0. The molecule has 0 saturated heterocycles. The third-order valence-corrected chi connectivity index (χ3v) is 8.30. The number of quaternary nitrogens is 1. The molecule has 2 heterocycles. The molecule has 1 atom stereocenters. The van der Waals surface area contributed by atoms with Crippen LogP contribution in [-0.2, 0) is 20.8 Å². The Morgan fingerprint density at radius 1 is 0.956 bits per heavy atom. The standard InChI is InChI=1S/C33H34N6O6/c1-2-43-32-34-28-18-10-17-27(31(40)41)29(28)39(32,19-20-44-33(42)45-23-12-4-3-5-13-23)21-22-11-6-7-14-24(22)25-15-8-9-16-26(25)30-35-37-38-36-30/h6-11,14-18,23H,2-5,12-13,19-21H2,1H3,(H-,35,36,37,38,40,41)/p+1. The molecule has 0 amide bonds. The van der Waals surface area contributed by atoms with Gasteiger partial charge in [-0.3, -0.25) is 0 Å². The van der Waals surface area contributed by atoms with E-state index in [1.165, 1.54) is 0 Å². The fourth-order valence-corrected chi connectivity index (χ4v) is 6.29. The lowest BCUT2D eigenvalue weighted by Gasteiger charge is -2.34. The average molecular weight is 612 g/mol. The van der Waals surface area contributed by atoms with Gasteiger partial charge in [-0.2, -0.15) is 10.2 Å². The number of carbonyl (C=O) groups is 2. The van der Waals surface area contributed by atoms with Crippen molar-refractivity contribution >= 4 is 29.5 Å². The van der Waals surface area contributed by atoms with Crippen LogP contribution in [0.25, 0.3) is 22.5 Å². The van der Waals surface area contributed by atoms with E-state index in [9.17, 15) is 14.7 Å². The molecule has 1 unspecified atom stereocenters. The lowest BCUT2D eigenvalue weighted by Crippen LogP contribution is -2.55. The number of nitrogens with one attached hydrogen (secondary N) is 1. The Bertz CT molecular complexity index is 1700. The molecule has 232 valence electrons. The van der Waals surface area contributed by atoms with Crippen molar-refractivity contribution in [3.8, 4) is 22.5 Å². The molecule has 3 aromatic carbocycles. The van der Waals surface area contributed by atoms with Crippen LogP contribution in [0.5, 0.6) is 0 Å². The Morgan fingerprint density at radius 2 is 1.71 bits per heavy atom. The molecule has 12 nitrogen and oxygen atoms in total. The highest BCUT2D eigenvalue weighted by Crippen LogP contribution is 2.46. The number of aliphatic imine (C=N–C) groups is 1. The maximum Gasteiger partial charge on any atom is 0.508 e. The van der Waals surface area contributed by atoms with Crippen LogP contribution in [0.2, 0.25) is 0 Å². The van der Waals surface area contributed by atoms with Crippen molar-refractivity contribution in [1.29, 1.82) is 0 Å². The number of hydrogen-bond donors (Lipinski definition) is 2. The normalized spacial score (nSPS) is 17.8. The summed E-state index contributed by atoms with van der Waals surface area (Å²) in [6.45, 7) is 2.53. The summed E-state index contributed by atoms with van der Waals surface area (Å²) >= 11 is 0. The van der Waals surface area contributed by atoms with E-state index in [1.54, 1.807) is 18.2 Å². The second-order valence-electron chi connectivity index (χ2n) is 11.1. The molecule has 0 radical (unpaired) electrons. The zero-order chi connectivity index (χ0) is 31.2. The number of tetrazole rings is 1. The summed E-state index contributed by atoms with van der Waals surface area (Å²) < 4.78 is 17.3. The molecule has 1 fully saturated rings. The van der Waals surface area contributed by atoms with E-state index in [1.807, 2.05) is 55.5 Å². The van der Waals surface area contributed by atoms with Gasteiger partial charge in [-0.15, -0.1) is 10.2 Å². The first kappa shape index (κ1) is 29.9. The number of fused-ring (bicyclic) bond motifs is 1. The van der Waals surface area contributed by atoms with Gasteiger partial charge in [0.25, 0.3) is 0 Å². The number of para-hydroxylation sites is 1. The van der Waals surface area contributed by atoms with Crippen LogP contribution in [0.4, 0.5) is 16.2 Å². The Hall–Kier alpha value is -5.10. The smallest absolute Gasteiger partial charge is 0.477 e. The van der Waals surface area contributed by atoms with E-state index in [0.29, 0.717) is 29.8 Å². The quantitative estimate of drug-likeness (QED) is 0.156. The number of ether oxygens (including phenoxy) is 3.